The van der Waals surface area contributed by atoms with E-state index in [2.05, 4.69) is 6.92 Å². The quantitative estimate of drug-likeness (QED) is 0.326. The normalized spacial score (nSPS) is 29.7. The summed E-state index contributed by atoms with van der Waals surface area (Å²) in [5.74, 6) is -2.55. The lowest BCUT2D eigenvalue weighted by atomic mass is 9.84. The molecule has 0 radical (unpaired) electrons. The van der Waals surface area contributed by atoms with Crippen LogP contribution in [0.4, 0.5) is 13.2 Å². The van der Waals surface area contributed by atoms with Gasteiger partial charge in [-0.05, 0) is 12.8 Å². The van der Waals surface area contributed by atoms with Gasteiger partial charge in [0.2, 0.25) is 0 Å². The molecule has 0 aromatic heterocycles. The SMILES string of the molecule is CCCCCC[C@H]1OC(=O)C2=C1[C@@H](O)[C@@H]1O[C@@H]1[C@@H]2OC(=O)[C@@](OC)(c1ccccc1)C(F)(F)F. The van der Waals surface area contributed by atoms with Crippen molar-refractivity contribution < 1.29 is 46.8 Å². The number of methoxy groups -OCH3 is 1. The number of rotatable bonds is 9. The Labute approximate surface area is 194 Å². The molecule has 0 amide bonds. The Bertz CT molecular complexity index is 961. The van der Waals surface area contributed by atoms with E-state index in [-0.39, 0.29) is 11.1 Å². The molecule has 2 aliphatic heterocycles. The van der Waals surface area contributed by atoms with Crippen LogP contribution in [0.3, 0.4) is 0 Å². The van der Waals surface area contributed by atoms with Gasteiger partial charge in [0.15, 0.2) is 6.10 Å². The predicted molar refractivity (Wildman–Crippen MR) is 111 cm³/mol. The first-order valence-electron chi connectivity index (χ1n) is 11.3. The minimum Gasteiger partial charge on any atom is -0.454 e. The summed E-state index contributed by atoms with van der Waals surface area (Å²) >= 11 is 0. The maximum Gasteiger partial charge on any atom is 0.432 e. The van der Waals surface area contributed by atoms with Crippen LogP contribution in [0, 0.1) is 0 Å². The number of fused-ring (bicyclic) bond motifs is 1. The zero-order valence-corrected chi connectivity index (χ0v) is 18.8. The molecule has 1 aromatic rings. The highest BCUT2D eigenvalue weighted by Gasteiger charge is 2.67. The Morgan fingerprint density at radius 2 is 1.82 bits per heavy atom. The van der Waals surface area contributed by atoms with Crippen LogP contribution in [0.15, 0.2) is 41.5 Å². The Kier molecular flexibility index (Phi) is 6.76. The number of unbranched alkanes of at least 4 members (excludes halogenated alkanes) is 3. The molecule has 0 bridgehead atoms. The van der Waals surface area contributed by atoms with Gasteiger partial charge < -0.3 is 24.1 Å². The van der Waals surface area contributed by atoms with E-state index in [1.165, 1.54) is 18.2 Å². The molecule has 186 valence electrons. The fourth-order valence-electron chi connectivity index (χ4n) is 4.83. The molecule has 4 rings (SSSR count). The van der Waals surface area contributed by atoms with Crippen LogP contribution in [-0.2, 0) is 34.1 Å². The average Bonchev–Trinajstić information content (AvgIpc) is 3.53. The number of epoxide rings is 1. The number of cyclic esters (lactones) is 1. The summed E-state index contributed by atoms with van der Waals surface area (Å²) < 4.78 is 63.7. The van der Waals surface area contributed by atoms with Crippen LogP contribution in [0.5, 0.6) is 0 Å². The lowest BCUT2D eigenvalue weighted by Gasteiger charge is -2.34. The number of aliphatic hydroxyl groups excluding tert-OH is 1. The number of halogens is 3. The van der Waals surface area contributed by atoms with Crippen molar-refractivity contribution in [2.24, 2.45) is 0 Å². The average molecular weight is 484 g/mol. The van der Waals surface area contributed by atoms with Gasteiger partial charge in [-0.3, -0.25) is 0 Å². The van der Waals surface area contributed by atoms with Gasteiger partial charge in [0.25, 0.3) is 5.60 Å². The number of carbonyl (C=O) groups is 2. The van der Waals surface area contributed by atoms with E-state index in [9.17, 15) is 27.9 Å². The summed E-state index contributed by atoms with van der Waals surface area (Å²) in [6.07, 6.45) is -6.10. The molecular weight excluding hydrogens is 457 g/mol. The number of aliphatic hydroxyl groups is 1. The third kappa shape index (κ3) is 4.01. The molecule has 1 aliphatic carbocycles. The Morgan fingerprint density at radius 1 is 1.12 bits per heavy atom. The van der Waals surface area contributed by atoms with Crippen LogP contribution in [0.25, 0.3) is 0 Å². The highest BCUT2D eigenvalue weighted by molar-refractivity contribution is 5.95. The summed E-state index contributed by atoms with van der Waals surface area (Å²) in [6, 6.07) is 6.41. The number of alkyl halides is 3. The molecule has 0 unspecified atom stereocenters. The van der Waals surface area contributed by atoms with Crippen molar-refractivity contribution in [1.82, 2.24) is 0 Å². The summed E-state index contributed by atoms with van der Waals surface area (Å²) in [5, 5.41) is 10.7. The molecular formula is C24H27F3O7. The number of ether oxygens (including phenoxy) is 4. The van der Waals surface area contributed by atoms with Gasteiger partial charge in [0, 0.05) is 18.2 Å². The number of benzene rings is 1. The van der Waals surface area contributed by atoms with Gasteiger partial charge in [-0.1, -0.05) is 56.5 Å². The van der Waals surface area contributed by atoms with E-state index >= 15 is 0 Å². The van der Waals surface area contributed by atoms with Crippen molar-refractivity contribution >= 4 is 11.9 Å². The second kappa shape index (κ2) is 9.31. The molecule has 1 fully saturated rings. The first-order valence-corrected chi connectivity index (χ1v) is 11.3. The van der Waals surface area contributed by atoms with Gasteiger partial charge in [-0.15, -0.1) is 0 Å². The monoisotopic (exact) mass is 484 g/mol. The minimum absolute atomic E-state index is 0.139. The van der Waals surface area contributed by atoms with Crippen LogP contribution in [-0.4, -0.2) is 60.9 Å². The predicted octanol–water partition coefficient (Wildman–Crippen LogP) is 3.34. The van der Waals surface area contributed by atoms with E-state index in [0.29, 0.717) is 6.42 Å². The molecule has 7 nitrogen and oxygen atoms in total. The molecule has 0 spiro atoms. The summed E-state index contributed by atoms with van der Waals surface area (Å²) in [5.41, 5.74) is -3.78. The van der Waals surface area contributed by atoms with Crippen molar-refractivity contribution in [3.8, 4) is 0 Å². The number of hydrogen-bond donors (Lipinski definition) is 1. The van der Waals surface area contributed by atoms with Gasteiger partial charge in [0.1, 0.15) is 24.4 Å². The molecule has 1 aromatic carbocycles. The van der Waals surface area contributed by atoms with E-state index in [1.54, 1.807) is 0 Å². The van der Waals surface area contributed by atoms with Crippen LogP contribution in [0.2, 0.25) is 0 Å². The van der Waals surface area contributed by atoms with E-state index in [4.69, 9.17) is 18.9 Å². The number of esters is 2. The van der Waals surface area contributed by atoms with Crippen molar-refractivity contribution in [2.45, 2.75) is 81.3 Å². The first-order chi connectivity index (χ1) is 16.2. The standard InChI is InChI=1S/C24H27F3O7/c1-3-4-5-9-12-14-15-16(21(29)32-14)18(20-19(33-20)17(15)28)34-22(30)23(31-2,24(25,26)27)13-10-7-6-8-11-13/h6-8,10-11,14,17-20,28H,3-5,9,12H2,1-2H3/t14-,17-,18-,19+,20-,23+/m1/s1. The van der Waals surface area contributed by atoms with Crippen LogP contribution >= 0.6 is 0 Å². The topological polar surface area (TPSA) is 94.6 Å². The van der Waals surface area contributed by atoms with Gasteiger partial charge in [-0.2, -0.15) is 13.2 Å². The summed E-state index contributed by atoms with van der Waals surface area (Å²) in [7, 11) is 0.768. The largest absolute Gasteiger partial charge is 0.454 e. The highest BCUT2D eigenvalue weighted by Crippen LogP contribution is 2.49. The van der Waals surface area contributed by atoms with Gasteiger partial charge >= 0.3 is 18.1 Å². The second-order valence-corrected chi connectivity index (χ2v) is 8.70. The van der Waals surface area contributed by atoms with Crippen molar-refractivity contribution in [2.75, 3.05) is 7.11 Å². The molecule has 2 heterocycles. The van der Waals surface area contributed by atoms with Crippen LogP contribution in [0.1, 0.15) is 44.6 Å². The Hall–Kier alpha value is -2.43. The summed E-state index contributed by atoms with van der Waals surface area (Å²) in [4.78, 5) is 25.8. The number of carbonyl (C=O) groups excluding carboxylic acids is 2. The van der Waals surface area contributed by atoms with E-state index in [0.717, 1.165) is 44.9 Å². The van der Waals surface area contributed by atoms with Crippen molar-refractivity contribution in [1.29, 1.82) is 0 Å². The second-order valence-electron chi connectivity index (χ2n) is 8.70. The van der Waals surface area contributed by atoms with Gasteiger partial charge in [0.05, 0.1) is 5.57 Å². The third-order valence-electron chi connectivity index (χ3n) is 6.63. The minimum atomic E-state index is -5.16. The molecule has 6 atom stereocenters. The first kappa shape index (κ1) is 24.7. The third-order valence-corrected chi connectivity index (χ3v) is 6.63. The van der Waals surface area contributed by atoms with Gasteiger partial charge in [-0.25, -0.2) is 9.59 Å². The maximum absolute atomic E-state index is 14.2. The van der Waals surface area contributed by atoms with E-state index in [1.807, 2.05) is 0 Å². The molecule has 1 N–H and O–H groups in total. The lowest BCUT2D eigenvalue weighted by Crippen LogP contribution is -2.53. The molecule has 10 heteroatoms. The Balaban J connectivity index is 1.65. The lowest BCUT2D eigenvalue weighted by molar-refractivity contribution is -0.277. The van der Waals surface area contributed by atoms with Crippen LogP contribution < -0.4 is 0 Å². The smallest absolute Gasteiger partial charge is 0.432 e. The molecule has 3 aliphatic rings. The molecule has 1 saturated heterocycles. The molecule has 0 saturated carbocycles. The zero-order chi connectivity index (χ0) is 24.7. The maximum atomic E-state index is 14.2. The zero-order valence-electron chi connectivity index (χ0n) is 18.8. The van der Waals surface area contributed by atoms with Crippen molar-refractivity contribution in [3.63, 3.8) is 0 Å². The Morgan fingerprint density at radius 3 is 2.44 bits per heavy atom. The molecule has 34 heavy (non-hydrogen) atoms. The number of hydrogen-bond acceptors (Lipinski definition) is 7. The fourth-order valence-corrected chi connectivity index (χ4v) is 4.83. The summed E-state index contributed by atoms with van der Waals surface area (Å²) in [6.45, 7) is 2.06. The highest BCUT2D eigenvalue weighted by atomic mass is 19.4. The van der Waals surface area contributed by atoms with E-state index < -0.39 is 59.8 Å². The fraction of sp³-hybridized carbons (Fsp3) is 0.583. The van der Waals surface area contributed by atoms with Crippen molar-refractivity contribution in [3.05, 3.63) is 47.0 Å².